The van der Waals surface area contributed by atoms with Crippen LogP contribution in [0.3, 0.4) is 0 Å². The summed E-state index contributed by atoms with van der Waals surface area (Å²) in [6.45, 7) is 1.95. The molecule has 4 nitrogen and oxygen atoms in total. The Labute approximate surface area is 111 Å². The number of nitrogens with zero attached hydrogens (tertiary/aromatic N) is 2. The lowest BCUT2D eigenvalue weighted by Gasteiger charge is -2.07. The van der Waals surface area contributed by atoms with E-state index in [1.807, 2.05) is 49.4 Å². The van der Waals surface area contributed by atoms with Gasteiger partial charge in [0.15, 0.2) is 0 Å². The highest BCUT2D eigenvalue weighted by Gasteiger charge is 2.07. The van der Waals surface area contributed by atoms with E-state index in [1.165, 1.54) is 0 Å². The fourth-order valence-electron chi connectivity index (χ4n) is 2.07. The third-order valence-corrected chi connectivity index (χ3v) is 3.05. The lowest BCUT2D eigenvalue weighted by molar-refractivity contribution is 1.19. The second kappa shape index (κ2) is 4.24. The van der Waals surface area contributed by atoms with Crippen LogP contribution in [0.1, 0.15) is 5.69 Å². The van der Waals surface area contributed by atoms with Crippen molar-refractivity contribution in [3.63, 3.8) is 0 Å². The third kappa shape index (κ3) is 2.08. The van der Waals surface area contributed by atoms with Gasteiger partial charge in [-0.1, -0.05) is 12.1 Å². The molecule has 0 saturated carbocycles. The van der Waals surface area contributed by atoms with E-state index in [9.17, 15) is 0 Å². The molecule has 0 saturated heterocycles. The minimum atomic E-state index is 0.689. The number of nitrogen functional groups attached to an aromatic ring is 2. The van der Waals surface area contributed by atoms with Crippen LogP contribution in [0.5, 0.6) is 0 Å². The number of fused-ring (bicyclic) bond motifs is 1. The zero-order valence-corrected chi connectivity index (χ0v) is 10.6. The molecule has 0 bridgehead atoms. The predicted octanol–water partition coefficient (Wildman–Crippen LogP) is 2.77. The largest absolute Gasteiger partial charge is 0.399 e. The van der Waals surface area contributed by atoms with Crippen molar-refractivity contribution >= 4 is 22.4 Å². The Kier molecular flexibility index (Phi) is 2.56. The Morgan fingerprint density at radius 3 is 2.21 bits per heavy atom. The van der Waals surface area contributed by atoms with Gasteiger partial charge in [-0.15, -0.1) is 0 Å². The number of hydrogen-bond acceptors (Lipinski definition) is 4. The van der Waals surface area contributed by atoms with Gasteiger partial charge in [0.25, 0.3) is 0 Å². The van der Waals surface area contributed by atoms with Crippen LogP contribution in [-0.2, 0) is 0 Å². The van der Waals surface area contributed by atoms with Gasteiger partial charge in [-0.05, 0) is 37.3 Å². The van der Waals surface area contributed by atoms with E-state index in [-0.39, 0.29) is 0 Å². The molecule has 2 aromatic carbocycles. The van der Waals surface area contributed by atoms with Crippen LogP contribution in [-0.4, -0.2) is 9.97 Å². The van der Waals surface area contributed by atoms with Crippen molar-refractivity contribution in [1.29, 1.82) is 0 Å². The predicted molar refractivity (Wildman–Crippen MR) is 78.5 cm³/mol. The number of rotatable bonds is 1. The van der Waals surface area contributed by atoms with Gasteiger partial charge in [0.2, 0.25) is 0 Å². The highest BCUT2D eigenvalue weighted by atomic mass is 14.8. The molecule has 19 heavy (non-hydrogen) atoms. The van der Waals surface area contributed by atoms with Crippen LogP contribution >= 0.6 is 0 Å². The zero-order valence-electron chi connectivity index (χ0n) is 10.6. The summed E-state index contributed by atoms with van der Waals surface area (Å²) in [4.78, 5) is 9.22. The maximum absolute atomic E-state index is 5.79. The molecular weight excluding hydrogens is 236 g/mol. The Balaban J connectivity index is 2.23. The van der Waals surface area contributed by atoms with Crippen LogP contribution in [0.4, 0.5) is 11.4 Å². The quantitative estimate of drug-likeness (QED) is 0.651. The molecule has 0 atom stereocenters. The molecule has 1 aromatic heterocycles. The maximum atomic E-state index is 5.79. The lowest BCUT2D eigenvalue weighted by atomic mass is 10.1. The summed E-state index contributed by atoms with van der Waals surface area (Å²) in [5, 5.41) is 0. The zero-order chi connectivity index (χ0) is 13.4. The maximum Gasteiger partial charge on any atom is 0.0922 e. The third-order valence-electron chi connectivity index (χ3n) is 3.05. The fourth-order valence-corrected chi connectivity index (χ4v) is 2.07. The SMILES string of the molecule is Cc1nc2ccc(N)cc2nc1-c1ccc(N)cc1. The Bertz CT molecular complexity index is 748. The van der Waals surface area contributed by atoms with Crippen LogP contribution in [0.2, 0.25) is 0 Å². The molecule has 0 amide bonds. The van der Waals surface area contributed by atoms with Crippen molar-refractivity contribution in [3.05, 3.63) is 48.2 Å². The molecule has 4 heteroatoms. The van der Waals surface area contributed by atoms with Gasteiger partial charge < -0.3 is 11.5 Å². The minimum Gasteiger partial charge on any atom is -0.399 e. The molecule has 4 N–H and O–H groups in total. The van der Waals surface area contributed by atoms with Gasteiger partial charge in [0, 0.05) is 16.9 Å². The van der Waals surface area contributed by atoms with Crippen molar-refractivity contribution in [3.8, 4) is 11.3 Å². The highest BCUT2D eigenvalue weighted by Crippen LogP contribution is 2.24. The summed E-state index contributed by atoms with van der Waals surface area (Å²) >= 11 is 0. The minimum absolute atomic E-state index is 0.689. The smallest absolute Gasteiger partial charge is 0.0922 e. The van der Waals surface area contributed by atoms with Crippen molar-refractivity contribution < 1.29 is 0 Å². The van der Waals surface area contributed by atoms with Crippen molar-refractivity contribution in [2.75, 3.05) is 11.5 Å². The second-order valence-electron chi connectivity index (χ2n) is 4.53. The van der Waals surface area contributed by atoms with E-state index in [0.717, 1.165) is 33.7 Å². The summed E-state index contributed by atoms with van der Waals surface area (Å²) < 4.78 is 0. The first-order chi connectivity index (χ1) is 9.13. The first-order valence-electron chi connectivity index (χ1n) is 6.03. The van der Waals surface area contributed by atoms with Crippen molar-refractivity contribution in [1.82, 2.24) is 9.97 Å². The van der Waals surface area contributed by atoms with Gasteiger partial charge in [-0.3, -0.25) is 0 Å². The number of aromatic nitrogens is 2. The summed E-state index contributed by atoms with van der Waals surface area (Å²) in [7, 11) is 0. The van der Waals surface area contributed by atoms with Gasteiger partial charge in [0.05, 0.1) is 22.4 Å². The Hall–Kier alpha value is -2.62. The molecule has 0 aliphatic carbocycles. The van der Waals surface area contributed by atoms with E-state index < -0.39 is 0 Å². The Morgan fingerprint density at radius 1 is 0.789 bits per heavy atom. The van der Waals surface area contributed by atoms with E-state index in [1.54, 1.807) is 0 Å². The molecule has 0 aliphatic rings. The number of hydrogen-bond donors (Lipinski definition) is 2. The van der Waals surface area contributed by atoms with Crippen molar-refractivity contribution in [2.45, 2.75) is 6.92 Å². The monoisotopic (exact) mass is 250 g/mol. The van der Waals surface area contributed by atoms with E-state index in [2.05, 4.69) is 9.97 Å². The molecule has 1 heterocycles. The highest BCUT2D eigenvalue weighted by molar-refractivity contribution is 5.81. The van der Waals surface area contributed by atoms with Crippen molar-refractivity contribution in [2.24, 2.45) is 0 Å². The van der Waals surface area contributed by atoms with Crippen LogP contribution in [0.15, 0.2) is 42.5 Å². The number of benzene rings is 2. The molecule has 3 aromatic rings. The summed E-state index contributed by atoms with van der Waals surface area (Å²) in [6, 6.07) is 13.2. The van der Waals surface area contributed by atoms with Crippen LogP contribution in [0.25, 0.3) is 22.3 Å². The topological polar surface area (TPSA) is 77.8 Å². The summed E-state index contributed by atoms with van der Waals surface area (Å²) in [5.74, 6) is 0. The van der Waals surface area contributed by atoms with Gasteiger partial charge in [-0.2, -0.15) is 0 Å². The summed E-state index contributed by atoms with van der Waals surface area (Å²) in [6.07, 6.45) is 0. The first-order valence-corrected chi connectivity index (χ1v) is 6.03. The molecular formula is C15H14N4. The van der Waals surface area contributed by atoms with Gasteiger partial charge in [-0.25, -0.2) is 9.97 Å². The van der Waals surface area contributed by atoms with E-state index >= 15 is 0 Å². The molecule has 0 radical (unpaired) electrons. The average molecular weight is 250 g/mol. The normalized spacial score (nSPS) is 10.8. The first kappa shape index (κ1) is 11.5. The van der Waals surface area contributed by atoms with Crippen LogP contribution < -0.4 is 11.5 Å². The van der Waals surface area contributed by atoms with Gasteiger partial charge in [0.1, 0.15) is 0 Å². The number of aryl methyl sites for hydroxylation is 1. The standard InChI is InChI=1S/C15H14N4/c1-9-15(10-2-4-11(16)5-3-10)19-14-8-12(17)6-7-13(14)18-9/h2-8H,16-17H2,1H3. The van der Waals surface area contributed by atoms with Crippen LogP contribution in [0, 0.1) is 6.92 Å². The average Bonchev–Trinajstić information content (AvgIpc) is 2.40. The molecule has 0 unspecified atom stereocenters. The number of anilines is 2. The summed E-state index contributed by atoms with van der Waals surface area (Å²) in [5.41, 5.74) is 17.3. The number of nitrogens with two attached hydrogens (primary N) is 2. The van der Waals surface area contributed by atoms with Gasteiger partial charge >= 0.3 is 0 Å². The molecule has 0 aliphatic heterocycles. The Morgan fingerprint density at radius 2 is 1.47 bits per heavy atom. The second-order valence-corrected chi connectivity index (χ2v) is 4.53. The molecule has 0 fully saturated rings. The van der Waals surface area contributed by atoms with E-state index in [0.29, 0.717) is 5.69 Å². The molecule has 3 rings (SSSR count). The fraction of sp³-hybridized carbons (Fsp3) is 0.0667. The molecule has 0 spiro atoms. The lowest BCUT2D eigenvalue weighted by Crippen LogP contribution is -1.96. The van der Waals surface area contributed by atoms with E-state index in [4.69, 9.17) is 11.5 Å². The molecule has 94 valence electrons.